The Bertz CT molecular complexity index is 496. The zero-order valence-electron chi connectivity index (χ0n) is 11.6. The molecule has 3 atom stereocenters. The number of carbonyl (C=O) groups is 1. The van der Waals surface area contributed by atoms with E-state index in [1.165, 1.54) is 0 Å². The van der Waals surface area contributed by atoms with Gasteiger partial charge >= 0.3 is 5.97 Å². The molecular weight excluding hydrogens is 242 g/mol. The molecule has 3 aliphatic rings. The molecule has 0 fully saturated rings. The molecule has 0 N–H and O–H groups in total. The van der Waals surface area contributed by atoms with E-state index in [-0.39, 0.29) is 29.3 Å². The van der Waals surface area contributed by atoms with E-state index < -0.39 is 0 Å². The largest absolute Gasteiger partial charge is 0.430 e. The molecule has 0 radical (unpaired) electrons. The van der Waals surface area contributed by atoms with E-state index in [4.69, 9.17) is 9.47 Å². The maximum Gasteiger partial charge on any atom is 0.318 e. The fourth-order valence-corrected chi connectivity index (χ4v) is 2.79. The fraction of sp³-hybridized carbons (Fsp3) is 0.600. The van der Waals surface area contributed by atoms with E-state index >= 15 is 0 Å². The third-order valence-corrected chi connectivity index (χ3v) is 4.05. The second-order valence-electron chi connectivity index (χ2n) is 6.43. The molecule has 0 aromatic heterocycles. The standard InChI is InChI=1S/C15H19NO3/c1-15(2,3)13-6-12-11(8-18-13)10-7-16-5-4-9(10)14(17)19-12/h4-5,7,9-10,13H,6,8H2,1-3H3. The second kappa shape index (κ2) is 4.30. The number of hydrogen-bond donors (Lipinski definition) is 0. The molecule has 0 aromatic carbocycles. The highest BCUT2D eigenvalue weighted by atomic mass is 16.5. The van der Waals surface area contributed by atoms with Gasteiger partial charge in [-0.25, -0.2) is 0 Å². The Morgan fingerprint density at radius 3 is 2.84 bits per heavy atom. The van der Waals surface area contributed by atoms with Crippen LogP contribution in [0, 0.1) is 17.3 Å². The van der Waals surface area contributed by atoms with E-state index in [0.717, 1.165) is 11.3 Å². The van der Waals surface area contributed by atoms with Crippen LogP contribution in [0.3, 0.4) is 0 Å². The van der Waals surface area contributed by atoms with Crippen molar-refractivity contribution < 1.29 is 14.3 Å². The molecule has 3 heterocycles. The number of esters is 1. The van der Waals surface area contributed by atoms with Crippen molar-refractivity contribution in [3.8, 4) is 0 Å². The highest BCUT2D eigenvalue weighted by Gasteiger charge is 2.42. The molecule has 0 saturated carbocycles. The molecule has 19 heavy (non-hydrogen) atoms. The molecule has 0 aromatic rings. The average Bonchev–Trinajstić information content (AvgIpc) is 2.37. The van der Waals surface area contributed by atoms with Crippen molar-refractivity contribution in [3.63, 3.8) is 0 Å². The molecule has 3 rings (SSSR count). The molecule has 0 saturated heterocycles. The van der Waals surface area contributed by atoms with Crippen molar-refractivity contribution >= 4 is 12.2 Å². The summed E-state index contributed by atoms with van der Waals surface area (Å²) < 4.78 is 11.5. The lowest BCUT2D eigenvalue weighted by Gasteiger charge is -2.40. The van der Waals surface area contributed by atoms with Crippen molar-refractivity contribution in [2.75, 3.05) is 6.61 Å². The van der Waals surface area contributed by atoms with Crippen LogP contribution in [-0.4, -0.2) is 24.9 Å². The van der Waals surface area contributed by atoms with Gasteiger partial charge in [0.1, 0.15) is 5.76 Å². The molecule has 102 valence electrons. The van der Waals surface area contributed by atoms with Crippen molar-refractivity contribution in [2.24, 2.45) is 22.2 Å². The van der Waals surface area contributed by atoms with E-state index in [1.807, 2.05) is 12.3 Å². The first-order valence-electron chi connectivity index (χ1n) is 6.72. The number of carbonyl (C=O) groups excluding carboxylic acids is 1. The Hall–Kier alpha value is -1.42. The molecular formula is C15H19NO3. The Labute approximate surface area is 113 Å². The van der Waals surface area contributed by atoms with Gasteiger partial charge in [0.25, 0.3) is 0 Å². The summed E-state index contributed by atoms with van der Waals surface area (Å²) in [4.78, 5) is 16.2. The lowest BCUT2D eigenvalue weighted by atomic mass is 9.78. The van der Waals surface area contributed by atoms with Gasteiger partial charge in [-0.2, -0.15) is 0 Å². The first-order chi connectivity index (χ1) is 8.97. The lowest BCUT2D eigenvalue weighted by Crippen LogP contribution is -2.41. The molecule has 0 spiro atoms. The van der Waals surface area contributed by atoms with E-state index in [2.05, 4.69) is 25.8 Å². The Balaban J connectivity index is 1.91. The number of rotatable bonds is 0. The summed E-state index contributed by atoms with van der Waals surface area (Å²) in [6.45, 7) is 6.95. The summed E-state index contributed by atoms with van der Waals surface area (Å²) in [6.07, 6.45) is 6.07. The molecule has 0 amide bonds. The van der Waals surface area contributed by atoms with Crippen LogP contribution in [0.2, 0.25) is 0 Å². The summed E-state index contributed by atoms with van der Waals surface area (Å²) >= 11 is 0. The Morgan fingerprint density at radius 1 is 1.32 bits per heavy atom. The van der Waals surface area contributed by atoms with E-state index in [9.17, 15) is 4.79 Å². The summed E-state index contributed by atoms with van der Waals surface area (Å²) in [7, 11) is 0. The van der Waals surface area contributed by atoms with Crippen LogP contribution in [0.5, 0.6) is 0 Å². The number of nitrogens with zero attached hydrogens (tertiary/aromatic N) is 1. The number of aliphatic imine (C=N–C) groups is 1. The van der Waals surface area contributed by atoms with Crippen LogP contribution < -0.4 is 0 Å². The SMILES string of the molecule is CC(C)(C)C1CC2=C(CO1)C1C=NC=CC1C(=O)O2. The number of ether oxygens (including phenoxy) is 2. The van der Waals surface area contributed by atoms with E-state index in [0.29, 0.717) is 13.0 Å². The van der Waals surface area contributed by atoms with Gasteiger partial charge in [0.05, 0.1) is 18.6 Å². The molecule has 0 bridgehead atoms. The van der Waals surface area contributed by atoms with Crippen LogP contribution >= 0.6 is 0 Å². The molecule has 3 unspecified atom stereocenters. The van der Waals surface area contributed by atoms with Crippen LogP contribution in [-0.2, 0) is 14.3 Å². The summed E-state index contributed by atoms with van der Waals surface area (Å²) in [5.41, 5.74) is 1.13. The summed E-state index contributed by atoms with van der Waals surface area (Å²) in [6, 6.07) is 0. The molecule has 0 aliphatic carbocycles. The van der Waals surface area contributed by atoms with Gasteiger partial charge in [-0.3, -0.25) is 9.79 Å². The topological polar surface area (TPSA) is 47.9 Å². The van der Waals surface area contributed by atoms with Crippen LogP contribution in [0.1, 0.15) is 27.2 Å². The lowest BCUT2D eigenvalue weighted by molar-refractivity contribution is -0.148. The monoisotopic (exact) mass is 261 g/mol. The van der Waals surface area contributed by atoms with Gasteiger partial charge in [0.15, 0.2) is 0 Å². The van der Waals surface area contributed by atoms with Gasteiger partial charge in [-0.1, -0.05) is 26.8 Å². The van der Waals surface area contributed by atoms with Gasteiger partial charge in [0, 0.05) is 30.3 Å². The van der Waals surface area contributed by atoms with E-state index in [1.54, 1.807) is 6.20 Å². The quantitative estimate of drug-likeness (QED) is 0.629. The molecule has 4 heteroatoms. The maximum atomic E-state index is 12.0. The zero-order valence-corrected chi connectivity index (χ0v) is 11.6. The minimum absolute atomic E-state index is 0.0159. The van der Waals surface area contributed by atoms with Crippen molar-refractivity contribution in [1.82, 2.24) is 0 Å². The van der Waals surface area contributed by atoms with Crippen molar-refractivity contribution in [1.29, 1.82) is 0 Å². The first kappa shape index (κ1) is 12.6. The smallest absolute Gasteiger partial charge is 0.318 e. The van der Waals surface area contributed by atoms with Crippen LogP contribution in [0.4, 0.5) is 0 Å². The third kappa shape index (κ3) is 2.14. The highest BCUT2D eigenvalue weighted by Crippen LogP contribution is 2.40. The van der Waals surface area contributed by atoms with Gasteiger partial charge in [-0.05, 0) is 5.41 Å². The fourth-order valence-electron chi connectivity index (χ4n) is 2.79. The van der Waals surface area contributed by atoms with Gasteiger partial charge in [-0.15, -0.1) is 0 Å². The minimum Gasteiger partial charge on any atom is -0.430 e. The first-order valence-corrected chi connectivity index (χ1v) is 6.72. The van der Waals surface area contributed by atoms with Crippen molar-refractivity contribution in [2.45, 2.75) is 33.3 Å². The number of fused-ring (bicyclic) bond motifs is 2. The predicted octanol–water partition coefficient (Wildman–Crippen LogP) is 2.46. The normalized spacial score (nSPS) is 33.8. The average molecular weight is 261 g/mol. The third-order valence-electron chi connectivity index (χ3n) is 4.05. The second-order valence-corrected chi connectivity index (χ2v) is 6.43. The van der Waals surface area contributed by atoms with Crippen LogP contribution in [0.25, 0.3) is 0 Å². The number of hydrogen-bond acceptors (Lipinski definition) is 4. The minimum atomic E-state index is -0.231. The van der Waals surface area contributed by atoms with Crippen molar-refractivity contribution in [3.05, 3.63) is 23.6 Å². The van der Waals surface area contributed by atoms with Crippen LogP contribution in [0.15, 0.2) is 28.6 Å². The zero-order chi connectivity index (χ0) is 13.6. The van der Waals surface area contributed by atoms with Gasteiger partial charge < -0.3 is 9.47 Å². The predicted molar refractivity (Wildman–Crippen MR) is 71.5 cm³/mol. The molecule has 3 aliphatic heterocycles. The summed E-state index contributed by atoms with van der Waals surface area (Å²) in [5, 5.41) is 0. The highest BCUT2D eigenvalue weighted by molar-refractivity contribution is 5.85. The van der Waals surface area contributed by atoms with Gasteiger partial charge in [0.2, 0.25) is 0 Å². The molecule has 4 nitrogen and oxygen atoms in total. The maximum absolute atomic E-state index is 12.0. The summed E-state index contributed by atoms with van der Waals surface area (Å²) in [5.74, 6) is 0.424. The Morgan fingerprint density at radius 2 is 2.11 bits per heavy atom. The Kier molecular flexibility index (Phi) is 2.86.